The molecule has 2 aromatic rings. The molecule has 0 saturated carbocycles. The van der Waals surface area contributed by atoms with Crippen molar-refractivity contribution >= 4 is 16.7 Å². The molecule has 2 rings (SSSR count). The minimum absolute atomic E-state index is 0.186. The predicted octanol–water partition coefficient (Wildman–Crippen LogP) is 2.11. The van der Waals surface area contributed by atoms with Gasteiger partial charge in [-0.15, -0.1) is 0 Å². The van der Waals surface area contributed by atoms with E-state index >= 15 is 0 Å². The Kier molecular flexibility index (Phi) is 2.86. The topological polar surface area (TPSA) is 55.1 Å². The van der Waals surface area contributed by atoms with Gasteiger partial charge in [-0.2, -0.15) is 0 Å². The summed E-state index contributed by atoms with van der Waals surface area (Å²) in [5.74, 6) is 5.05. The minimum atomic E-state index is -0.643. The molecule has 0 spiro atoms. The van der Waals surface area contributed by atoms with Gasteiger partial charge in [0.25, 0.3) is 0 Å². The largest absolute Gasteiger partial charge is 0.294 e. The Labute approximate surface area is 101 Å². The summed E-state index contributed by atoms with van der Waals surface area (Å²) in [6.45, 7) is 3.74. The van der Waals surface area contributed by atoms with Crippen molar-refractivity contribution in [2.24, 2.45) is 5.84 Å². The molecule has 3 nitrogen and oxygen atoms in total. The maximum atomic E-state index is 11.8. The molecule has 0 bridgehead atoms. The molecule has 0 aromatic heterocycles. The lowest BCUT2D eigenvalue weighted by Gasteiger charge is -2.24. The zero-order valence-corrected chi connectivity index (χ0v) is 10.0. The van der Waals surface area contributed by atoms with E-state index in [1.807, 2.05) is 56.3 Å². The Morgan fingerprint density at radius 3 is 2.47 bits per heavy atom. The first-order chi connectivity index (χ1) is 8.07. The van der Waals surface area contributed by atoms with Crippen LogP contribution >= 0.6 is 0 Å². The van der Waals surface area contributed by atoms with Crippen molar-refractivity contribution in [1.29, 1.82) is 0 Å². The van der Waals surface area contributed by atoms with Crippen LogP contribution in [0.4, 0.5) is 0 Å². The number of amides is 1. The second kappa shape index (κ2) is 4.18. The number of carbonyl (C=O) groups is 1. The molecule has 0 heterocycles. The summed E-state index contributed by atoms with van der Waals surface area (Å²) >= 11 is 0. The third-order valence-electron chi connectivity index (χ3n) is 3.16. The first kappa shape index (κ1) is 11.6. The number of nitrogens with one attached hydrogen (secondary N) is 1. The number of hydrogen-bond acceptors (Lipinski definition) is 2. The van der Waals surface area contributed by atoms with Crippen molar-refractivity contribution < 1.29 is 4.79 Å². The molecule has 17 heavy (non-hydrogen) atoms. The van der Waals surface area contributed by atoms with E-state index in [4.69, 9.17) is 5.84 Å². The van der Waals surface area contributed by atoms with E-state index in [9.17, 15) is 4.79 Å². The van der Waals surface area contributed by atoms with E-state index in [0.717, 1.165) is 16.3 Å². The van der Waals surface area contributed by atoms with Crippen LogP contribution in [0.2, 0.25) is 0 Å². The van der Waals surface area contributed by atoms with E-state index in [-0.39, 0.29) is 5.91 Å². The molecule has 0 aliphatic carbocycles. The van der Waals surface area contributed by atoms with Gasteiger partial charge in [0.05, 0.1) is 5.41 Å². The molecule has 88 valence electrons. The van der Waals surface area contributed by atoms with E-state index in [2.05, 4.69) is 5.43 Å². The Morgan fingerprint density at radius 2 is 1.76 bits per heavy atom. The van der Waals surface area contributed by atoms with Crippen LogP contribution in [0, 0.1) is 0 Å². The molecule has 0 unspecified atom stereocenters. The number of hydrazine groups is 1. The lowest BCUT2D eigenvalue weighted by molar-refractivity contribution is -0.125. The summed E-state index contributed by atoms with van der Waals surface area (Å²) in [6, 6.07) is 14.0. The molecule has 3 N–H and O–H groups in total. The van der Waals surface area contributed by atoms with E-state index < -0.39 is 5.41 Å². The Balaban J connectivity index is 2.67. The van der Waals surface area contributed by atoms with Crippen molar-refractivity contribution in [2.75, 3.05) is 0 Å². The van der Waals surface area contributed by atoms with Gasteiger partial charge in [0.15, 0.2) is 0 Å². The second-order valence-electron chi connectivity index (χ2n) is 4.63. The molecule has 0 aliphatic heterocycles. The predicted molar refractivity (Wildman–Crippen MR) is 69.3 cm³/mol. The molecule has 0 fully saturated rings. The fourth-order valence-corrected chi connectivity index (χ4v) is 2.07. The van der Waals surface area contributed by atoms with Gasteiger partial charge in [-0.25, -0.2) is 5.84 Å². The zero-order valence-electron chi connectivity index (χ0n) is 10.0. The number of benzene rings is 2. The van der Waals surface area contributed by atoms with Crippen LogP contribution in [0.25, 0.3) is 10.8 Å². The van der Waals surface area contributed by atoms with Gasteiger partial charge in [0.2, 0.25) is 5.91 Å². The standard InChI is InChI=1S/C14H16N2O/c1-14(2,13(17)16-15)12-9-5-7-10-6-3-4-8-11(10)12/h3-9H,15H2,1-2H3,(H,16,17). The van der Waals surface area contributed by atoms with Crippen LogP contribution in [-0.2, 0) is 10.2 Å². The summed E-state index contributed by atoms with van der Waals surface area (Å²) in [7, 11) is 0. The lowest BCUT2D eigenvalue weighted by Crippen LogP contribution is -2.43. The highest BCUT2D eigenvalue weighted by Gasteiger charge is 2.30. The van der Waals surface area contributed by atoms with Gasteiger partial charge >= 0.3 is 0 Å². The highest BCUT2D eigenvalue weighted by atomic mass is 16.2. The van der Waals surface area contributed by atoms with Gasteiger partial charge in [-0.05, 0) is 30.2 Å². The summed E-state index contributed by atoms with van der Waals surface area (Å²) in [5.41, 5.74) is 2.57. The van der Waals surface area contributed by atoms with Crippen molar-refractivity contribution in [1.82, 2.24) is 5.43 Å². The normalized spacial score (nSPS) is 11.5. The third-order valence-corrected chi connectivity index (χ3v) is 3.16. The van der Waals surface area contributed by atoms with E-state index in [1.165, 1.54) is 0 Å². The van der Waals surface area contributed by atoms with Gasteiger partial charge in [-0.3, -0.25) is 10.2 Å². The Bertz CT molecular complexity index is 556. The fraction of sp³-hybridized carbons (Fsp3) is 0.214. The van der Waals surface area contributed by atoms with E-state index in [0.29, 0.717) is 0 Å². The zero-order chi connectivity index (χ0) is 12.5. The van der Waals surface area contributed by atoms with Crippen LogP contribution in [0.3, 0.4) is 0 Å². The average Bonchev–Trinajstić information content (AvgIpc) is 2.37. The second-order valence-corrected chi connectivity index (χ2v) is 4.63. The smallest absolute Gasteiger partial charge is 0.243 e. The molecule has 0 aliphatic rings. The van der Waals surface area contributed by atoms with Gasteiger partial charge in [0.1, 0.15) is 0 Å². The highest BCUT2D eigenvalue weighted by Crippen LogP contribution is 2.30. The van der Waals surface area contributed by atoms with Crippen molar-refractivity contribution in [3.8, 4) is 0 Å². The first-order valence-corrected chi connectivity index (χ1v) is 5.56. The number of fused-ring (bicyclic) bond motifs is 1. The quantitative estimate of drug-likeness (QED) is 0.470. The molecule has 0 radical (unpaired) electrons. The monoisotopic (exact) mass is 228 g/mol. The van der Waals surface area contributed by atoms with Crippen molar-refractivity contribution in [3.63, 3.8) is 0 Å². The van der Waals surface area contributed by atoms with Gasteiger partial charge < -0.3 is 0 Å². The van der Waals surface area contributed by atoms with Crippen molar-refractivity contribution in [3.05, 3.63) is 48.0 Å². The molecule has 0 atom stereocenters. The van der Waals surface area contributed by atoms with Crippen LogP contribution < -0.4 is 11.3 Å². The summed E-state index contributed by atoms with van der Waals surface area (Å²) in [6.07, 6.45) is 0. The molecule has 2 aromatic carbocycles. The van der Waals surface area contributed by atoms with Crippen LogP contribution in [-0.4, -0.2) is 5.91 Å². The summed E-state index contributed by atoms with van der Waals surface area (Å²) < 4.78 is 0. The van der Waals surface area contributed by atoms with Crippen LogP contribution in [0.5, 0.6) is 0 Å². The highest BCUT2D eigenvalue weighted by molar-refractivity contribution is 5.95. The van der Waals surface area contributed by atoms with Crippen molar-refractivity contribution in [2.45, 2.75) is 19.3 Å². The lowest BCUT2D eigenvalue weighted by atomic mass is 9.81. The number of hydrogen-bond donors (Lipinski definition) is 2. The molecule has 3 heteroatoms. The maximum absolute atomic E-state index is 11.8. The van der Waals surface area contributed by atoms with Gasteiger partial charge in [0, 0.05) is 0 Å². The number of rotatable bonds is 2. The summed E-state index contributed by atoms with van der Waals surface area (Å²) in [5, 5.41) is 2.21. The SMILES string of the molecule is CC(C)(C(=O)NN)c1cccc2ccccc12. The number of carbonyl (C=O) groups excluding carboxylic acids is 1. The summed E-state index contributed by atoms with van der Waals surface area (Å²) in [4.78, 5) is 11.8. The Morgan fingerprint density at radius 1 is 1.12 bits per heavy atom. The van der Waals surface area contributed by atoms with E-state index in [1.54, 1.807) is 0 Å². The van der Waals surface area contributed by atoms with Gasteiger partial charge in [-0.1, -0.05) is 42.5 Å². The number of nitrogens with two attached hydrogens (primary N) is 1. The third kappa shape index (κ3) is 1.89. The van der Waals surface area contributed by atoms with Crippen LogP contribution in [0.1, 0.15) is 19.4 Å². The maximum Gasteiger partial charge on any atom is 0.243 e. The average molecular weight is 228 g/mol. The molecular formula is C14H16N2O. The Hall–Kier alpha value is -1.87. The minimum Gasteiger partial charge on any atom is -0.294 e. The molecular weight excluding hydrogens is 212 g/mol. The first-order valence-electron chi connectivity index (χ1n) is 5.56. The molecule has 1 amide bonds. The molecule has 0 saturated heterocycles. The van der Waals surface area contributed by atoms with Crippen LogP contribution in [0.15, 0.2) is 42.5 Å². The fourth-order valence-electron chi connectivity index (χ4n) is 2.07.